The lowest BCUT2D eigenvalue weighted by molar-refractivity contribution is -0.118. The molecule has 0 unspecified atom stereocenters. The molecular formula is C20H20N2O3S. The molecule has 0 aliphatic heterocycles. The quantitative estimate of drug-likeness (QED) is 0.698. The van der Waals surface area contributed by atoms with Crippen molar-refractivity contribution >= 4 is 22.4 Å². The lowest BCUT2D eigenvalue weighted by atomic mass is 10.1. The van der Waals surface area contributed by atoms with E-state index in [9.17, 15) is 4.79 Å². The number of carbonyl (C=O) groups is 1. The van der Waals surface area contributed by atoms with E-state index in [0.717, 1.165) is 33.9 Å². The Bertz CT molecular complexity index is 904. The van der Waals surface area contributed by atoms with Gasteiger partial charge in [-0.15, -0.1) is 11.3 Å². The van der Waals surface area contributed by atoms with Gasteiger partial charge in [0.2, 0.25) is 0 Å². The summed E-state index contributed by atoms with van der Waals surface area (Å²) in [5.74, 6) is 1.28. The SMILES string of the molecule is COc1ccc(-c2csc(NC(=O)COc3cccc(C)c3C)n2)cc1. The normalized spacial score (nSPS) is 10.4. The first kappa shape index (κ1) is 17.9. The number of hydrogen-bond donors (Lipinski definition) is 1. The van der Waals surface area contributed by atoms with E-state index in [1.165, 1.54) is 11.3 Å². The van der Waals surface area contributed by atoms with Crippen LogP contribution in [0.3, 0.4) is 0 Å². The van der Waals surface area contributed by atoms with Gasteiger partial charge in [-0.05, 0) is 55.3 Å². The van der Waals surface area contributed by atoms with E-state index in [1.807, 2.05) is 61.7 Å². The Balaban J connectivity index is 1.59. The zero-order valence-corrected chi connectivity index (χ0v) is 15.7. The molecule has 0 aliphatic rings. The second kappa shape index (κ2) is 8.01. The van der Waals surface area contributed by atoms with E-state index >= 15 is 0 Å². The number of aromatic nitrogens is 1. The minimum Gasteiger partial charge on any atom is -0.497 e. The van der Waals surface area contributed by atoms with E-state index in [2.05, 4.69) is 10.3 Å². The number of anilines is 1. The van der Waals surface area contributed by atoms with Gasteiger partial charge in [0.25, 0.3) is 5.91 Å². The molecule has 1 N–H and O–H groups in total. The summed E-state index contributed by atoms with van der Waals surface area (Å²) in [5.41, 5.74) is 3.95. The van der Waals surface area contributed by atoms with Gasteiger partial charge in [-0.1, -0.05) is 12.1 Å². The summed E-state index contributed by atoms with van der Waals surface area (Å²) >= 11 is 1.38. The molecule has 0 spiro atoms. The highest BCUT2D eigenvalue weighted by Gasteiger charge is 2.10. The number of nitrogens with zero attached hydrogens (tertiary/aromatic N) is 1. The molecule has 3 rings (SSSR count). The van der Waals surface area contributed by atoms with Gasteiger partial charge >= 0.3 is 0 Å². The first-order valence-electron chi connectivity index (χ1n) is 8.15. The zero-order valence-electron chi connectivity index (χ0n) is 14.9. The number of methoxy groups -OCH3 is 1. The van der Waals surface area contributed by atoms with Crippen LogP contribution in [0.4, 0.5) is 5.13 Å². The number of aryl methyl sites for hydroxylation is 1. The van der Waals surface area contributed by atoms with Crippen LogP contribution in [0.15, 0.2) is 47.8 Å². The zero-order chi connectivity index (χ0) is 18.5. The summed E-state index contributed by atoms with van der Waals surface area (Å²) in [6.45, 7) is 3.94. The summed E-state index contributed by atoms with van der Waals surface area (Å²) in [6.07, 6.45) is 0. The average molecular weight is 368 g/mol. The van der Waals surface area contributed by atoms with Crippen molar-refractivity contribution < 1.29 is 14.3 Å². The van der Waals surface area contributed by atoms with Crippen molar-refractivity contribution in [1.82, 2.24) is 4.98 Å². The smallest absolute Gasteiger partial charge is 0.264 e. The topological polar surface area (TPSA) is 60.5 Å². The van der Waals surface area contributed by atoms with Crippen molar-refractivity contribution in [2.24, 2.45) is 0 Å². The summed E-state index contributed by atoms with van der Waals surface area (Å²) in [7, 11) is 1.63. The fourth-order valence-electron chi connectivity index (χ4n) is 2.40. The van der Waals surface area contributed by atoms with Gasteiger partial charge in [-0.3, -0.25) is 10.1 Å². The average Bonchev–Trinajstić information content (AvgIpc) is 3.11. The number of amides is 1. The molecule has 3 aromatic rings. The van der Waals surface area contributed by atoms with Crippen LogP contribution in [0.25, 0.3) is 11.3 Å². The predicted octanol–water partition coefficient (Wildman–Crippen LogP) is 4.45. The van der Waals surface area contributed by atoms with Crippen LogP contribution in [0.5, 0.6) is 11.5 Å². The predicted molar refractivity (Wildman–Crippen MR) is 104 cm³/mol. The van der Waals surface area contributed by atoms with Crippen LogP contribution in [0.1, 0.15) is 11.1 Å². The highest BCUT2D eigenvalue weighted by molar-refractivity contribution is 7.14. The van der Waals surface area contributed by atoms with Crippen molar-refractivity contribution in [3.05, 3.63) is 59.0 Å². The minimum absolute atomic E-state index is 0.0538. The molecule has 0 bridgehead atoms. The molecule has 1 amide bonds. The van der Waals surface area contributed by atoms with Crippen LogP contribution >= 0.6 is 11.3 Å². The first-order valence-corrected chi connectivity index (χ1v) is 9.03. The Morgan fingerprint density at radius 1 is 1.15 bits per heavy atom. The van der Waals surface area contributed by atoms with Gasteiger partial charge in [0.05, 0.1) is 12.8 Å². The van der Waals surface area contributed by atoms with E-state index in [0.29, 0.717) is 5.13 Å². The maximum absolute atomic E-state index is 12.1. The maximum Gasteiger partial charge on any atom is 0.264 e. The number of thiazole rings is 1. The molecule has 5 nitrogen and oxygen atoms in total. The number of hydrogen-bond acceptors (Lipinski definition) is 5. The van der Waals surface area contributed by atoms with Crippen molar-refractivity contribution in [2.75, 3.05) is 19.0 Å². The largest absolute Gasteiger partial charge is 0.497 e. The van der Waals surface area contributed by atoms with E-state index in [4.69, 9.17) is 9.47 Å². The second-order valence-electron chi connectivity index (χ2n) is 5.80. The van der Waals surface area contributed by atoms with Gasteiger partial charge in [0, 0.05) is 10.9 Å². The monoisotopic (exact) mass is 368 g/mol. The molecule has 134 valence electrons. The van der Waals surface area contributed by atoms with Crippen molar-refractivity contribution in [1.29, 1.82) is 0 Å². The van der Waals surface area contributed by atoms with Gasteiger partial charge in [0.15, 0.2) is 11.7 Å². The van der Waals surface area contributed by atoms with Gasteiger partial charge in [-0.25, -0.2) is 4.98 Å². The summed E-state index contributed by atoms with van der Waals surface area (Å²) in [5, 5.41) is 5.23. The molecule has 2 aromatic carbocycles. The number of nitrogens with one attached hydrogen (secondary N) is 1. The Kier molecular flexibility index (Phi) is 5.53. The molecule has 1 heterocycles. The summed E-state index contributed by atoms with van der Waals surface area (Å²) < 4.78 is 10.8. The van der Waals surface area contributed by atoms with Crippen LogP contribution in [-0.4, -0.2) is 24.6 Å². The minimum atomic E-state index is -0.235. The molecule has 0 fully saturated rings. The first-order chi connectivity index (χ1) is 12.6. The number of carbonyl (C=O) groups excluding carboxylic acids is 1. The fourth-order valence-corrected chi connectivity index (χ4v) is 3.14. The van der Waals surface area contributed by atoms with Gasteiger partial charge in [-0.2, -0.15) is 0 Å². The third kappa shape index (κ3) is 4.21. The summed E-state index contributed by atoms with van der Waals surface area (Å²) in [6, 6.07) is 13.4. The number of rotatable bonds is 6. The number of benzene rings is 2. The molecule has 0 saturated carbocycles. The molecule has 0 aliphatic carbocycles. The molecular weight excluding hydrogens is 348 g/mol. The third-order valence-electron chi connectivity index (χ3n) is 4.05. The third-order valence-corrected chi connectivity index (χ3v) is 4.81. The van der Waals surface area contributed by atoms with Crippen LogP contribution in [0.2, 0.25) is 0 Å². The fraction of sp³-hybridized carbons (Fsp3) is 0.200. The molecule has 26 heavy (non-hydrogen) atoms. The van der Waals surface area contributed by atoms with Gasteiger partial charge in [0.1, 0.15) is 11.5 Å². The summed E-state index contributed by atoms with van der Waals surface area (Å²) in [4.78, 5) is 16.6. The maximum atomic E-state index is 12.1. The van der Waals surface area contributed by atoms with E-state index < -0.39 is 0 Å². The Labute approximate surface area is 156 Å². The second-order valence-corrected chi connectivity index (χ2v) is 6.66. The van der Waals surface area contributed by atoms with Crippen molar-refractivity contribution in [2.45, 2.75) is 13.8 Å². The highest BCUT2D eigenvalue weighted by Crippen LogP contribution is 2.26. The molecule has 0 radical (unpaired) electrons. The lowest BCUT2D eigenvalue weighted by Gasteiger charge is -2.10. The Hall–Kier alpha value is -2.86. The highest BCUT2D eigenvalue weighted by atomic mass is 32.1. The van der Waals surface area contributed by atoms with Crippen molar-refractivity contribution in [3.63, 3.8) is 0 Å². The Morgan fingerprint density at radius 2 is 1.92 bits per heavy atom. The Morgan fingerprint density at radius 3 is 2.65 bits per heavy atom. The number of ether oxygens (including phenoxy) is 2. The van der Waals surface area contributed by atoms with Crippen molar-refractivity contribution in [3.8, 4) is 22.8 Å². The van der Waals surface area contributed by atoms with Crippen LogP contribution in [0, 0.1) is 13.8 Å². The van der Waals surface area contributed by atoms with E-state index in [-0.39, 0.29) is 12.5 Å². The lowest BCUT2D eigenvalue weighted by Crippen LogP contribution is -2.20. The van der Waals surface area contributed by atoms with Crippen LogP contribution < -0.4 is 14.8 Å². The molecule has 6 heteroatoms. The molecule has 0 atom stereocenters. The molecule has 0 saturated heterocycles. The van der Waals surface area contributed by atoms with E-state index in [1.54, 1.807) is 7.11 Å². The standard InChI is InChI=1S/C20H20N2O3S/c1-13-5-4-6-18(14(13)2)25-11-19(23)22-20-21-17(12-26-20)15-7-9-16(24-3)10-8-15/h4-10,12H,11H2,1-3H3,(H,21,22,23). The van der Waals surface area contributed by atoms with Crippen LogP contribution in [-0.2, 0) is 4.79 Å². The molecule has 1 aromatic heterocycles. The van der Waals surface area contributed by atoms with Gasteiger partial charge < -0.3 is 9.47 Å².